The number of amides is 2. The number of carbonyl (C=O) groups excluding carboxylic acids is 2. The maximum atomic E-state index is 13.5. The van der Waals surface area contributed by atoms with Gasteiger partial charge in [-0.15, -0.1) is 0 Å². The number of para-hydroxylation sites is 2. The molecule has 1 heterocycles. The van der Waals surface area contributed by atoms with Gasteiger partial charge in [-0.2, -0.15) is 0 Å². The fourth-order valence-electron chi connectivity index (χ4n) is 3.51. The molecule has 0 aliphatic carbocycles. The number of nitrogens with zero attached hydrogens (tertiary/aromatic N) is 2. The van der Waals surface area contributed by atoms with Crippen molar-refractivity contribution in [2.45, 2.75) is 6.92 Å². The van der Waals surface area contributed by atoms with Crippen LogP contribution in [0.3, 0.4) is 0 Å². The summed E-state index contributed by atoms with van der Waals surface area (Å²) in [5.41, 5.74) is 2.00. The smallest absolute Gasteiger partial charge is 0.282 e. The standard InChI is InChI=1S/C24H18ClN3O5/c1-14-7-10-16(13-18(14)25)26-22-21(15-8-11-17(12-9-15)28(31)32)23(29)27(24(22)30)19-5-3-4-6-20(19)33-2/h3-13,26H,1-2H3. The van der Waals surface area contributed by atoms with Crippen molar-refractivity contribution in [2.24, 2.45) is 0 Å². The quantitative estimate of drug-likeness (QED) is 0.315. The maximum absolute atomic E-state index is 13.5. The number of imide groups is 1. The van der Waals surface area contributed by atoms with Crippen LogP contribution >= 0.6 is 11.6 Å². The molecule has 1 N–H and O–H groups in total. The minimum Gasteiger partial charge on any atom is -0.495 e. The third-order valence-corrected chi connectivity index (χ3v) is 5.63. The number of nitro benzene ring substituents is 1. The highest BCUT2D eigenvalue weighted by Gasteiger charge is 2.41. The summed E-state index contributed by atoms with van der Waals surface area (Å²) in [6.45, 7) is 1.85. The van der Waals surface area contributed by atoms with Gasteiger partial charge in [0.2, 0.25) is 0 Å². The Bertz CT molecular complexity index is 1320. The molecule has 166 valence electrons. The predicted octanol–water partition coefficient (Wildman–Crippen LogP) is 4.96. The van der Waals surface area contributed by atoms with Gasteiger partial charge in [-0.1, -0.05) is 29.8 Å². The van der Waals surface area contributed by atoms with Crippen molar-refractivity contribution in [3.63, 3.8) is 0 Å². The summed E-state index contributed by atoms with van der Waals surface area (Å²) >= 11 is 6.23. The molecule has 3 aromatic carbocycles. The number of carbonyl (C=O) groups is 2. The molecule has 0 fully saturated rings. The number of hydrogen-bond acceptors (Lipinski definition) is 6. The van der Waals surface area contributed by atoms with Crippen molar-refractivity contribution in [3.8, 4) is 5.75 Å². The van der Waals surface area contributed by atoms with E-state index in [9.17, 15) is 19.7 Å². The molecule has 0 bridgehead atoms. The lowest BCUT2D eigenvalue weighted by molar-refractivity contribution is -0.384. The Labute approximate surface area is 194 Å². The van der Waals surface area contributed by atoms with Crippen LogP contribution in [0.15, 0.2) is 72.4 Å². The second-order valence-electron chi connectivity index (χ2n) is 7.26. The Balaban J connectivity index is 1.84. The SMILES string of the molecule is COc1ccccc1N1C(=O)C(Nc2ccc(C)c(Cl)c2)=C(c2ccc([N+](=O)[O-])cc2)C1=O. The average Bonchev–Trinajstić information content (AvgIpc) is 3.05. The first-order valence-electron chi connectivity index (χ1n) is 9.86. The minimum atomic E-state index is -0.588. The van der Waals surface area contributed by atoms with Crippen LogP contribution in [0.2, 0.25) is 5.02 Å². The van der Waals surface area contributed by atoms with E-state index >= 15 is 0 Å². The number of ether oxygens (including phenoxy) is 1. The number of methoxy groups -OCH3 is 1. The van der Waals surface area contributed by atoms with Crippen LogP contribution in [0.1, 0.15) is 11.1 Å². The highest BCUT2D eigenvalue weighted by Crippen LogP contribution is 2.38. The molecule has 0 unspecified atom stereocenters. The van der Waals surface area contributed by atoms with Gasteiger partial charge < -0.3 is 10.1 Å². The second kappa shape index (κ2) is 8.76. The third-order valence-electron chi connectivity index (χ3n) is 5.22. The van der Waals surface area contributed by atoms with Crippen molar-refractivity contribution in [2.75, 3.05) is 17.3 Å². The van der Waals surface area contributed by atoms with Gasteiger partial charge in [0.05, 0.1) is 23.3 Å². The first-order valence-corrected chi connectivity index (χ1v) is 10.2. The monoisotopic (exact) mass is 463 g/mol. The number of aryl methyl sites for hydroxylation is 1. The molecule has 3 aromatic rings. The van der Waals surface area contributed by atoms with E-state index in [0.717, 1.165) is 10.5 Å². The summed E-state index contributed by atoms with van der Waals surface area (Å²) in [5, 5.41) is 14.6. The normalized spacial score (nSPS) is 13.5. The molecule has 0 radical (unpaired) electrons. The maximum Gasteiger partial charge on any atom is 0.282 e. The summed E-state index contributed by atoms with van der Waals surface area (Å²) in [7, 11) is 1.45. The molecule has 0 spiro atoms. The Morgan fingerprint density at radius 2 is 1.70 bits per heavy atom. The Morgan fingerprint density at radius 3 is 2.33 bits per heavy atom. The van der Waals surface area contributed by atoms with E-state index in [4.69, 9.17) is 16.3 Å². The summed E-state index contributed by atoms with van der Waals surface area (Å²) in [6.07, 6.45) is 0. The first-order chi connectivity index (χ1) is 15.8. The van der Waals surface area contributed by atoms with Crippen LogP contribution in [0.25, 0.3) is 5.57 Å². The number of nitro groups is 1. The number of non-ortho nitro benzene ring substituents is 1. The molecule has 33 heavy (non-hydrogen) atoms. The third kappa shape index (κ3) is 4.04. The molecule has 8 nitrogen and oxygen atoms in total. The van der Waals surface area contributed by atoms with Crippen LogP contribution in [0.4, 0.5) is 17.1 Å². The molecule has 0 aromatic heterocycles. The molecule has 0 saturated heterocycles. The zero-order chi connectivity index (χ0) is 23.7. The van der Waals surface area contributed by atoms with Crippen molar-refractivity contribution >= 4 is 46.1 Å². The van der Waals surface area contributed by atoms with Gasteiger partial charge in [-0.3, -0.25) is 19.7 Å². The Morgan fingerprint density at radius 1 is 1.00 bits per heavy atom. The number of halogens is 1. The highest BCUT2D eigenvalue weighted by atomic mass is 35.5. The number of hydrogen-bond donors (Lipinski definition) is 1. The second-order valence-corrected chi connectivity index (χ2v) is 7.67. The number of benzene rings is 3. The van der Waals surface area contributed by atoms with Gasteiger partial charge in [0.15, 0.2) is 0 Å². The number of anilines is 2. The average molecular weight is 464 g/mol. The van der Waals surface area contributed by atoms with Crippen LogP contribution in [0, 0.1) is 17.0 Å². The predicted molar refractivity (Wildman–Crippen MR) is 125 cm³/mol. The largest absolute Gasteiger partial charge is 0.495 e. The summed E-state index contributed by atoms with van der Waals surface area (Å²) in [4.78, 5) is 38.5. The molecule has 0 atom stereocenters. The lowest BCUT2D eigenvalue weighted by Gasteiger charge is -2.18. The fourth-order valence-corrected chi connectivity index (χ4v) is 3.69. The Kier molecular flexibility index (Phi) is 5.85. The number of rotatable bonds is 6. The molecule has 1 aliphatic rings. The van der Waals surface area contributed by atoms with Crippen molar-refractivity contribution in [1.29, 1.82) is 0 Å². The fraction of sp³-hybridized carbons (Fsp3) is 0.0833. The van der Waals surface area contributed by atoms with Crippen molar-refractivity contribution in [3.05, 3.63) is 98.7 Å². The molecule has 1 aliphatic heterocycles. The summed E-state index contributed by atoms with van der Waals surface area (Å²) in [5.74, 6) is -0.824. The summed E-state index contributed by atoms with van der Waals surface area (Å²) < 4.78 is 5.34. The molecule has 4 rings (SSSR count). The zero-order valence-electron chi connectivity index (χ0n) is 17.7. The van der Waals surface area contributed by atoms with E-state index in [-0.39, 0.29) is 22.6 Å². The van der Waals surface area contributed by atoms with E-state index < -0.39 is 16.7 Å². The zero-order valence-corrected chi connectivity index (χ0v) is 18.4. The van der Waals surface area contributed by atoms with E-state index in [2.05, 4.69) is 5.32 Å². The van der Waals surface area contributed by atoms with Gasteiger partial charge in [0.25, 0.3) is 17.5 Å². The molecular formula is C24H18ClN3O5. The van der Waals surface area contributed by atoms with E-state index in [1.165, 1.54) is 31.4 Å². The van der Waals surface area contributed by atoms with Gasteiger partial charge in [-0.25, -0.2) is 4.90 Å². The van der Waals surface area contributed by atoms with Crippen LogP contribution < -0.4 is 15.0 Å². The van der Waals surface area contributed by atoms with Crippen LogP contribution in [-0.4, -0.2) is 23.8 Å². The lowest BCUT2D eigenvalue weighted by Crippen LogP contribution is -2.32. The van der Waals surface area contributed by atoms with Gasteiger partial charge in [-0.05, 0) is 54.4 Å². The number of nitrogens with one attached hydrogen (secondary N) is 1. The van der Waals surface area contributed by atoms with Gasteiger partial charge in [0, 0.05) is 22.8 Å². The molecule has 0 saturated carbocycles. The molecule has 2 amide bonds. The molecular weight excluding hydrogens is 446 g/mol. The van der Waals surface area contributed by atoms with E-state index in [1.807, 2.05) is 6.92 Å². The van der Waals surface area contributed by atoms with Crippen LogP contribution in [0.5, 0.6) is 5.75 Å². The van der Waals surface area contributed by atoms with E-state index in [0.29, 0.717) is 22.0 Å². The van der Waals surface area contributed by atoms with E-state index in [1.54, 1.807) is 42.5 Å². The van der Waals surface area contributed by atoms with Crippen molar-refractivity contribution < 1.29 is 19.2 Å². The summed E-state index contributed by atoms with van der Waals surface area (Å²) in [6, 6.07) is 17.3. The van der Waals surface area contributed by atoms with Gasteiger partial charge in [0.1, 0.15) is 11.4 Å². The first kappa shape index (κ1) is 22.0. The lowest BCUT2D eigenvalue weighted by atomic mass is 10.0. The topological polar surface area (TPSA) is 102 Å². The Hall–Kier alpha value is -4.17. The van der Waals surface area contributed by atoms with Crippen molar-refractivity contribution in [1.82, 2.24) is 0 Å². The minimum absolute atomic E-state index is 0.0275. The highest BCUT2D eigenvalue weighted by molar-refractivity contribution is 6.46. The van der Waals surface area contributed by atoms with Gasteiger partial charge >= 0.3 is 0 Å². The van der Waals surface area contributed by atoms with Crippen LogP contribution in [-0.2, 0) is 9.59 Å². The molecule has 9 heteroatoms.